The number of anilines is 1. The number of benzene rings is 2. The number of esters is 1. The fourth-order valence-corrected chi connectivity index (χ4v) is 2.86. The lowest BCUT2D eigenvalue weighted by atomic mass is 10.1. The summed E-state index contributed by atoms with van der Waals surface area (Å²) in [5.41, 5.74) is 1.11. The van der Waals surface area contributed by atoms with Gasteiger partial charge >= 0.3 is 5.97 Å². The van der Waals surface area contributed by atoms with Crippen LogP contribution in [0.25, 0.3) is 6.08 Å². The molecule has 1 N–H and O–H groups in total. The summed E-state index contributed by atoms with van der Waals surface area (Å²) >= 11 is 0. The fourth-order valence-electron chi connectivity index (χ4n) is 2.86. The normalized spacial score (nSPS) is 10.1. The van der Waals surface area contributed by atoms with E-state index in [4.69, 9.17) is 20.0 Å². The maximum absolute atomic E-state index is 12.6. The van der Waals surface area contributed by atoms with Crippen molar-refractivity contribution in [3.05, 3.63) is 65.7 Å². The largest absolute Gasteiger partial charge is 0.497 e. The summed E-state index contributed by atoms with van der Waals surface area (Å²) in [5.74, 6) is -1.05. The van der Waals surface area contributed by atoms with E-state index in [9.17, 15) is 14.4 Å². The first-order valence-corrected chi connectivity index (χ1v) is 10.4. The van der Waals surface area contributed by atoms with E-state index in [1.54, 1.807) is 55.7 Å². The molecule has 2 rings (SSSR count). The number of nitriles is 2. The van der Waals surface area contributed by atoms with Gasteiger partial charge in [-0.2, -0.15) is 10.5 Å². The Morgan fingerprint density at radius 1 is 1.00 bits per heavy atom. The van der Waals surface area contributed by atoms with Crippen LogP contribution in [0.4, 0.5) is 5.69 Å². The second kappa shape index (κ2) is 13.7. The van der Waals surface area contributed by atoms with Crippen molar-refractivity contribution in [2.24, 2.45) is 0 Å². The molecule has 0 spiro atoms. The molecule has 0 aliphatic carbocycles. The lowest BCUT2D eigenvalue weighted by Crippen LogP contribution is -2.36. The minimum atomic E-state index is -0.788. The van der Waals surface area contributed by atoms with Crippen molar-refractivity contribution in [2.75, 3.05) is 32.1 Å². The number of hydrogen-bond acceptors (Lipinski definition) is 7. The van der Waals surface area contributed by atoms with Crippen LogP contribution in [0.1, 0.15) is 28.8 Å². The van der Waals surface area contributed by atoms with E-state index < -0.39 is 24.4 Å². The van der Waals surface area contributed by atoms with Crippen LogP contribution in [-0.2, 0) is 14.3 Å². The summed E-state index contributed by atoms with van der Waals surface area (Å²) in [5, 5.41) is 20.1. The molecular weight excluding hydrogens is 436 g/mol. The molecule has 0 unspecified atom stereocenters. The van der Waals surface area contributed by atoms with Crippen molar-refractivity contribution in [3.8, 4) is 17.9 Å². The van der Waals surface area contributed by atoms with Gasteiger partial charge in [-0.05, 0) is 35.9 Å². The van der Waals surface area contributed by atoms with E-state index in [0.717, 1.165) is 5.56 Å². The van der Waals surface area contributed by atoms with Gasteiger partial charge in [-0.25, -0.2) is 4.79 Å². The number of nitrogens with zero attached hydrogens (tertiary/aromatic N) is 3. The smallest absolute Gasteiger partial charge is 0.340 e. The summed E-state index contributed by atoms with van der Waals surface area (Å²) in [4.78, 5) is 38.6. The van der Waals surface area contributed by atoms with Gasteiger partial charge in [0.1, 0.15) is 5.75 Å². The molecule has 174 valence electrons. The second-order valence-corrected chi connectivity index (χ2v) is 6.91. The van der Waals surface area contributed by atoms with Crippen molar-refractivity contribution in [1.29, 1.82) is 10.5 Å². The van der Waals surface area contributed by atoms with E-state index in [1.807, 2.05) is 12.1 Å². The van der Waals surface area contributed by atoms with Crippen molar-refractivity contribution >= 4 is 29.5 Å². The predicted molar refractivity (Wildman–Crippen MR) is 124 cm³/mol. The Hall–Kier alpha value is -4.63. The molecular formula is C25H24N4O5. The van der Waals surface area contributed by atoms with Gasteiger partial charge in [0.05, 0.1) is 43.3 Å². The van der Waals surface area contributed by atoms with Crippen molar-refractivity contribution in [3.63, 3.8) is 0 Å². The number of ether oxygens (including phenoxy) is 2. The maximum Gasteiger partial charge on any atom is 0.340 e. The first-order valence-electron chi connectivity index (χ1n) is 10.4. The van der Waals surface area contributed by atoms with Crippen LogP contribution in [0, 0.1) is 22.7 Å². The monoisotopic (exact) mass is 460 g/mol. The van der Waals surface area contributed by atoms with E-state index in [2.05, 4.69) is 5.32 Å². The number of nitrogens with one attached hydrogen (secondary N) is 1. The quantitative estimate of drug-likeness (QED) is 0.402. The number of hydrogen-bond donors (Lipinski definition) is 1. The number of methoxy groups -OCH3 is 1. The Kier molecular flexibility index (Phi) is 10.3. The molecule has 0 radical (unpaired) electrons. The third-order valence-corrected chi connectivity index (χ3v) is 4.61. The van der Waals surface area contributed by atoms with E-state index in [1.165, 1.54) is 17.0 Å². The molecule has 0 atom stereocenters. The molecule has 0 heterocycles. The molecule has 0 aliphatic rings. The second-order valence-electron chi connectivity index (χ2n) is 6.91. The molecule has 0 saturated carbocycles. The average molecular weight is 460 g/mol. The summed E-state index contributed by atoms with van der Waals surface area (Å²) in [6, 6.07) is 17.3. The van der Waals surface area contributed by atoms with Crippen LogP contribution in [0.15, 0.2) is 54.6 Å². The molecule has 9 nitrogen and oxygen atoms in total. The molecule has 2 aromatic rings. The third-order valence-electron chi connectivity index (χ3n) is 4.61. The minimum Gasteiger partial charge on any atom is -0.497 e. The molecule has 2 amide bonds. The third kappa shape index (κ3) is 8.13. The highest BCUT2D eigenvalue weighted by Crippen LogP contribution is 2.17. The Balaban J connectivity index is 2.00. The Morgan fingerprint density at radius 3 is 2.26 bits per heavy atom. The van der Waals surface area contributed by atoms with E-state index in [0.29, 0.717) is 5.75 Å². The number of rotatable bonds is 11. The Morgan fingerprint density at radius 2 is 1.65 bits per heavy atom. The van der Waals surface area contributed by atoms with Gasteiger partial charge in [-0.1, -0.05) is 24.3 Å². The predicted octanol–water partition coefficient (Wildman–Crippen LogP) is 3.16. The molecule has 0 saturated heterocycles. The van der Waals surface area contributed by atoms with Crippen molar-refractivity contribution in [1.82, 2.24) is 4.90 Å². The average Bonchev–Trinajstić information content (AvgIpc) is 2.86. The SMILES string of the molecule is COc1ccc(/C=C/C(=O)Nc2ccccc2C(=O)OCC(=O)N(CCC#N)CCC#N)cc1. The molecule has 0 bridgehead atoms. The first kappa shape index (κ1) is 25.6. The van der Waals surface area contributed by atoms with Crippen LogP contribution >= 0.6 is 0 Å². The topological polar surface area (TPSA) is 133 Å². The summed E-state index contributed by atoms with van der Waals surface area (Å²) in [6.45, 7) is -0.265. The zero-order chi connectivity index (χ0) is 24.8. The summed E-state index contributed by atoms with van der Waals surface area (Å²) in [6.07, 6.45) is 3.15. The van der Waals surface area contributed by atoms with Gasteiger partial charge in [0.15, 0.2) is 6.61 Å². The zero-order valence-electron chi connectivity index (χ0n) is 18.7. The van der Waals surface area contributed by atoms with Gasteiger partial charge in [0, 0.05) is 19.2 Å². The zero-order valence-corrected chi connectivity index (χ0v) is 18.7. The van der Waals surface area contributed by atoms with Crippen molar-refractivity contribution in [2.45, 2.75) is 12.8 Å². The van der Waals surface area contributed by atoms with Crippen molar-refractivity contribution < 1.29 is 23.9 Å². The van der Waals surface area contributed by atoms with Crippen LogP contribution in [0.3, 0.4) is 0 Å². The minimum absolute atomic E-state index is 0.0853. The summed E-state index contributed by atoms with van der Waals surface area (Å²) in [7, 11) is 1.57. The Labute approximate surface area is 197 Å². The molecule has 0 aromatic heterocycles. The van der Waals surface area contributed by atoms with Gasteiger partial charge in [-0.15, -0.1) is 0 Å². The highest BCUT2D eigenvalue weighted by Gasteiger charge is 2.18. The van der Waals surface area contributed by atoms with E-state index >= 15 is 0 Å². The standard InChI is InChI=1S/C25H24N4O5/c1-33-20-11-8-19(9-12-20)10-13-23(30)28-22-7-3-2-6-21(22)25(32)34-18-24(31)29(16-4-14-26)17-5-15-27/h2-3,6-13H,4-5,16-18H2,1H3,(H,28,30)/b13-10+. The molecule has 0 fully saturated rings. The van der Waals surface area contributed by atoms with Gasteiger partial charge in [-0.3, -0.25) is 9.59 Å². The molecule has 2 aromatic carbocycles. The maximum atomic E-state index is 12.6. The van der Waals surface area contributed by atoms with E-state index in [-0.39, 0.29) is 37.2 Å². The van der Waals surface area contributed by atoms with Gasteiger partial charge in [0.25, 0.3) is 5.91 Å². The molecule has 34 heavy (non-hydrogen) atoms. The van der Waals surface area contributed by atoms with Crippen LogP contribution < -0.4 is 10.1 Å². The number of amides is 2. The number of carbonyl (C=O) groups excluding carboxylic acids is 3. The number of carbonyl (C=O) groups is 3. The highest BCUT2D eigenvalue weighted by atomic mass is 16.5. The first-order chi connectivity index (χ1) is 16.5. The fraction of sp³-hybridized carbons (Fsp3) is 0.240. The van der Waals surface area contributed by atoms with Crippen LogP contribution in [-0.4, -0.2) is 49.5 Å². The number of para-hydroxylation sites is 1. The van der Waals surface area contributed by atoms with Crippen LogP contribution in [0.2, 0.25) is 0 Å². The van der Waals surface area contributed by atoms with Crippen LogP contribution in [0.5, 0.6) is 5.75 Å². The lowest BCUT2D eigenvalue weighted by Gasteiger charge is -2.20. The highest BCUT2D eigenvalue weighted by molar-refractivity contribution is 6.06. The molecule has 0 aliphatic heterocycles. The van der Waals surface area contributed by atoms with Gasteiger partial charge in [0.2, 0.25) is 5.91 Å². The molecule has 9 heteroatoms. The Bertz CT molecular complexity index is 1100. The summed E-state index contributed by atoms with van der Waals surface area (Å²) < 4.78 is 10.2. The van der Waals surface area contributed by atoms with Gasteiger partial charge < -0.3 is 19.7 Å². The lowest BCUT2D eigenvalue weighted by molar-refractivity contribution is -0.134.